The number of nitrogens with zero attached hydrogens (tertiary/aromatic N) is 5. The number of hydrogen-bond donors (Lipinski definition) is 1. The average Bonchev–Trinajstić information content (AvgIpc) is 3.55. The molecule has 0 amide bonds. The molecule has 0 saturated carbocycles. The molecule has 0 bridgehead atoms. The van der Waals surface area contributed by atoms with E-state index in [1.165, 1.54) is 0 Å². The third-order valence-corrected chi connectivity index (χ3v) is 6.86. The highest BCUT2D eigenvalue weighted by atomic mass is 16.3. The molecule has 5 aromatic rings. The molecule has 0 aliphatic heterocycles. The molecule has 2 aromatic carbocycles. The van der Waals surface area contributed by atoms with Crippen molar-refractivity contribution in [3.05, 3.63) is 111 Å². The molecule has 0 saturated heterocycles. The van der Waals surface area contributed by atoms with Crippen molar-refractivity contribution in [3.8, 4) is 0 Å². The molecule has 0 unspecified atom stereocenters. The first kappa shape index (κ1) is 24.6. The molecule has 0 aliphatic carbocycles. The standard InChI is InChI=1S/C29H32N6O2/c1-19(2)27(28-31-32-33-35(28)16-22-9-6-5-7-10-22)34(18-24-11-8-14-37-24)17-23-15-25-20(3)12-13-21(4)26(25)30-29(23)36/h5-15,19,27H,16-18H2,1-4H3,(H,30,36)/t27-/m1/s1. The van der Waals surface area contributed by atoms with Crippen LogP contribution in [-0.2, 0) is 19.6 Å². The van der Waals surface area contributed by atoms with E-state index in [0.717, 1.165) is 39.2 Å². The van der Waals surface area contributed by atoms with Crippen LogP contribution in [0.15, 0.2) is 76.1 Å². The molecule has 5 rings (SSSR count). The van der Waals surface area contributed by atoms with Crippen molar-refractivity contribution in [2.24, 2.45) is 5.92 Å². The number of aryl methyl sites for hydroxylation is 2. The van der Waals surface area contributed by atoms with Gasteiger partial charge in [-0.3, -0.25) is 9.69 Å². The molecule has 8 nitrogen and oxygen atoms in total. The Labute approximate surface area is 215 Å². The minimum atomic E-state index is -0.155. The Morgan fingerprint density at radius 3 is 2.51 bits per heavy atom. The van der Waals surface area contributed by atoms with Crippen LogP contribution in [0.2, 0.25) is 0 Å². The molecule has 0 radical (unpaired) electrons. The first-order valence-electron chi connectivity index (χ1n) is 12.6. The summed E-state index contributed by atoms with van der Waals surface area (Å²) in [6, 6.07) is 20.0. The van der Waals surface area contributed by atoms with Crippen molar-refractivity contribution < 1.29 is 4.42 Å². The average molecular weight is 497 g/mol. The summed E-state index contributed by atoms with van der Waals surface area (Å²) in [7, 11) is 0. The van der Waals surface area contributed by atoms with Gasteiger partial charge in [0.2, 0.25) is 0 Å². The quantitative estimate of drug-likeness (QED) is 0.303. The lowest BCUT2D eigenvalue weighted by molar-refractivity contribution is 0.116. The highest BCUT2D eigenvalue weighted by Gasteiger charge is 2.30. The molecule has 37 heavy (non-hydrogen) atoms. The van der Waals surface area contributed by atoms with Gasteiger partial charge in [0.25, 0.3) is 5.56 Å². The number of aromatic amines is 1. The third-order valence-electron chi connectivity index (χ3n) is 6.86. The zero-order valence-corrected chi connectivity index (χ0v) is 21.7. The maximum atomic E-state index is 13.3. The van der Waals surface area contributed by atoms with Gasteiger partial charge in [0.15, 0.2) is 5.82 Å². The van der Waals surface area contributed by atoms with Crippen LogP contribution >= 0.6 is 0 Å². The lowest BCUT2D eigenvalue weighted by Gasteiger charge is -2.33. The zero-order valence-electron chi connectivity index (χ0n) is 21.7. The van der Waals surface area contributed by atoms with Crippen molar-refractivity contribution >= 4 is 10.9 Å². The van der Waals surface area contributed by atoms with Crippen LogP contribution < -0.4 is 5.56 Å². The number of pyridine rings is 1. The lowest BCUT2D eigenvalue weighted by atomic mass is 9.99. The van der Waals surface area contributed by atoms with E-state index in [-0.39, 0.29) is 17.5 Å². The third kappa shape index (κ3) is 5.24. The van der Waals surface area contributed by atoms with E-state index in [0.29, 0.717) is 25.2 Å². The summed E-state index contributed by atoms with van der Waals surface area (Å²) < 4.78 is 7.58. The highest BCUT2D eigenvalue weighted by Crippen LogP contribution is 2.31. The summed E-state index contributed by atoms with van der Waals surface area (Å²) in [6.45, 7) is 9.88. The van der Waals surface area contributed by atoms with Crippen LogP contribution in [0.4, 0.5) is 0 Å². The van der Waals surface area contributed by atoms with Gasteiger partial charge in [-0.25, -0.2) is 4.68 Å². The largest absolute Gasteiger partial charge is 0.468 e. The number of furan rings is 1. The number of nitrogens with one attached hydrogen (secondary N) is 1. The summed E-state index contributed by atoms with van der Waals surface area (Å²) in [5.41, 5.74) is 4.80. The van der Waals surface area contributed by atoms with Crippen LogP contribution in [0, 0.1) is 19.8 Å². The van der Waals surface area contributed by atoms with Crippen LogP contribution in [0.25, 0.3) is 10.9 Å². The van der Waals surface area contributed by atoms with E-state index in [1.54, 1.807) is 6.26 Å². The van der Waals surface area contributed by atoms with E-state index in [1.807, 2.05) is 54.1 Å². The normalized spacial score (nSPS) is 12.6. The Hall–Kier alpha value is -4.04. The van der Waals surface area contributed by atoms with E-state index in [9.17, 15) is 4.79 Å². The summed E-state index contributed by atoms with van der Waals surface area (Å²) in [6.07, 6.45) is 1.67. The number of H-pyrrole nitrogens is 1. The number of benzene rings is 2. The minimum absolute atomic E-state index is 0.0861. The highest BCUT2D eigenvalue weighted by molar-refractivity contribution is 5.85. The molecule has 8 heteroatoms. The van der Waals surface area contributed by atoms with Gasteiger partial charge in [0.05, 0.1) is 30.9 Å². The number of hydrogen-bond acceptors (Lipinski definition) is 6. The van der Waals surface area contributed by atoms with Gasteiger partial charge in [-0.05, 0) is 65.1 Å². The van der Waals surface area contributed by atoms with Gasteiger partial charge in [0.1, 0.15) is 5.76 Å². The van der Waals surface area contributed by atoms with Gasteiger partial charge >= 0.3 is 0 Å². The van der Waals surface area contributed by atoms with Gasteiger partial charge in [-0.2, -0.15) is 0 Å². The van der Waals surface area contributed by atoms with Crippen LogP contribution in [0.3, 0.4) is 0 Å². The number of aromatic nitrogens is 5. The number of rotatable bonds is 9. The fraction of sp³-hybridized carbons (Fsp3) is 0.310. The Morgan fingerprint density at radius 1 is 1.00 bits per heavy atom. The van der Waals surface area contributed by atoms with Gasteiger partial charge in [-0.15, -0.1) is 5.10 Å². The number of tetrazole rings is 1. The van der Waals surface area contributed by atoms with Gasteiger partial charge in [-0.1, -0.05) is 56.3 Å². The molecule has 1 atom stereocenters. The summed E-state index contributed by atoms with van der Waals surface area (Å²) >= 11 is 0. The number of fused-ring (bicyclic) bond motifs is 1. The molecule has 190 valence electrons. The Kier molecular flexibility index (Phi) is 7.01. The topological polar surface area (TPSA) is 92.8 Å². The second-order valence-electron chi connectivity index (χ2n) is 9.97. The van der Waals surface area contributed by atoms with Crippen molar-refractivity contribution in [3.63, 3.8) is 0 Å². The van der Waals surface area contributed by atoms with E-state index < -0.39 is 0 Å². The monoisotopic (exact) mass is 496 g/mol. The van der Waals surface area contributed by atoms with Gasteiger partial charge < -0.3 is 9.40 Å². The van der Waals surface area contributed by atoms with E-state index >= 15 is 0 Å². The predicted molar refractivity (Wildman–Crippen MR) is 143 cm³/mol. The smallest absolute Gasteiger partial charge is 0.252 e. The Morgan fingerprint density at radius 2 is 1.78 bits per heavy atom. The SMILES string of the molecule is Cc1ccc(C)c2[nH]c(=O)c(CN(Cc3ccco3)[C@@H](c3nnnn3Cc3ccccc3)C(C)C)cc12. The minimum Gasteiger partial charge on any atom is -0.468 e. The van der Waals surface area contributed by atoms with Gasteiger partial charge in [0, 0.05) is 17.5 Å². The van der Waals surface area contributed by atoms with Crippen LogP contribution in [0.5, 0.6) is 0 Å². The maximum Gasteiger partial charge on any atom is 0.252 e. The summed E-state index contributed by atoms with van der Waals surface area (Å²) in [5.74, 6) is 1.74. The second-order valence-corrected chi connectivity index (χ2v) is 9.97. The van der Waals surface area contributed by atoms with Crippen molar-refractivity contribution in [1.82, 2.24) is 30.1 Å². The first-order chi connectivity index (χ1) is 17.9. The molecule has 0 aliphatic rings. The van der Waals surface area contributed by atoms with E-state index in [4.69, 9.17) is 4.42 Å². The van der Waals surface area contributed by atoms with Crippen molar-refractivity contribution in [1.29, 1.82) is 0 Å². The van der Waals surface area contributed by atoms with Crippen molar-refractivity contribution in [2.45, 2.75) is 53.4 Å². The lowest BCUT2D eigenvalue weighted by Crippen LogP contribution is -2.35. The summed E-state index contributed by atoms with van der Waals surface area (Å²) in [5, 5.41) is 13.9. The van der Waals surface area contributed by atoms with Crippen LogP contribution in [-0.4, -0.2) is 30.1 Å². The molecule has 0 spiro atoms. The fourth-order valence-corrected chi connectivity index (χ4v) is 4.99. The molecular formula is C29H32N6O2. The molecule has 1 N–H and O–H groups in total. The molecule has 0 fully saturated rings. The zero-order chi connectivity index (χ0) is 25.9. The Balaban J connectivity index is 1.56. The van der Waals surface area contributed by atoms with Crippen LogP contribution in [0.1, 0.15) is 53.7 Å². The maximum absolute atomic E-state index is 13.3. The first-order valence-corrected chi connectivity index (χ1v) is 12.6. The van der Waals surface area contributed by atoms with E-state index in [2.05, 4.69) is 64.4 Å². The molecule has 3 heterocycles. The second kappa shape index (κ2) is 10.5. The predicted octanol–water partition coefficient (Wildman–Crippen LogP) is 5.17. The van der Waals surface area contributed by atoms with Crippen molar-refractivity contribution in [2.75, 3.05) is 0 Å². The fourth-order valence-electron chi connectivity index (χ4n) is 4.99. The molecule has 3 aromatic heterocycles. The molecular weight excluding hydrogens is 464 g/mol. The Bertz CT molecular complexity index is 1540. The summed E-state index contributed by atoms with van der Waals surface area (Å²) in [4.78, 5) is 18.6.